The van der Waals surface area contributed by atoms with Gasteiger partial charge in [-0.25, -0.2) is 0 Å². The fraction of sp³-hybridized carbons (Fsp3) is 0.176. The normalized spacial score (nSPS) is 20.1. The highest BCUT2D eigenvalue weighted by molar-refractivity contribution is 6.19. The van der Waals surface area contributed by atoms with Crippen LogP contribution in [0.2, 0.25) is 0 Å². The Bertz CT molecular complexity index is 696. The Balaban J connectivity index is 1.75. The summed E-state index contributed by atoms with van der Waals surface area (Å²) in [5.74, 6) is -1.17. The van der Waals surface area contributed by atoms with E-state index in [1.807, 2.05) is 30.3 Å². The molecule has 2 N–H and O–H groups in total. The van der Waals surface area contributed by atoms with Gasteiger partial charge in [0.15, 0.2) is 0 Å². The molecule has 106 valence electrons. The first kappa shape index (κ1) is 13.5. The standard InChI is InChI=1S/C17H15NO3/c19-15-14-9-5-4-8-13(14)10-17(15,21)16(20)18-11-12-6-2-1-3-7-12/h1-9,21H,10-11H2,(H,18,20). The number of hydrogen-bond acceptors (Lipinski definition) is 3. The second kappa shape index (κ2) is 5.14. The smallest absolute Gasteiger partial charge is 0.260 e. The van der Waals surface area contributed by atoms with Gasteiger partial charge in [-0.3, -0.25) is 9.59 Å². The summed E-state index contributed by atoms with van der Waals surface area (Å²) in [7, 11) is 0. The average molecular weight is 281 g/mol. The van der Waals surface area contributed by atoms with Gasteiger partial charge in [0.2, 0.25) is 11.4 Å². The van der Waals surface area contributed by atoms with Crippen molar-refractivity contribution >= 4 is 11.7 Å². The Labute approximate surface area is 122 Å². The van der Waals surface area contributed by atoms with Crippen molar-refractivity contribution in [2.45, 2.75) is 18.6 Å². The van der Waals surface area contributed by atoms with E-state index in [1.165, 1.54) is 0 Å². The van der Waals surface area contributed by atoms with Crippen molar-refractivity contribution in [1.29, 1.82) is 0 Å². The molecule has 0 fully saturated rings. The molecule has 0 aromatic heterocycles. The highest BCUT2D eigenvalue weighted by Crippen LogP contribution is 2.30. The zero-order chi connectivity index (χ0) is 14.9. The zero-order valence-electron chi connectivity index (χ0n) is 11.4. The summed E-state index contributed by atoms with van der Waals surface area (Å²) in [5, 5.41) is 13.1. The third-order valence-corrected chi connectivity index (χ3v) is 3.76. The van der Waals surface area contributed by atoms with Crippen molar-refractivity contribution in [1.82, 2.24) is 5.32 Å². The Hall–Kier alpha value is -2.46. The number of Topliss-reactive ketones (excluding diaryl/α,β-unsaturated/α-hetero) is 1. The van der Waals surface area contributed by atoms with Gasteiger partial charge in [0, 0.05) is 18.5 Å². The Kier molecular flexibility index (Phi) is 3.31. The maximum absolute atomic E-state index is 12.3. The predicted molar refractivity (Wildman–Crippen MR) is 77.7 cm³/mol. The largest absolute Gasteiger partial charge is 0.373 e. The van der Waals surface area contributed by atoms with Crippen LogP contribution in [0.5, 0.6) is 0 Å². The second-order valence-electron chi connectivity index (χ2n) is 5.19. The molecular formula is C17H15NO3. The maximum Gasteiger partial charge on any atom is 0.260 e. The Morgan fingerprint density at radius 3 is 2.48 bits per heavy atom. The van der Waals surface area contributed by atoms with E-state index in [4.69, 9.17) is 0 Å². The van der Waals surface area contributed by atoms with Crippen molar-refractivity contribution in [2.75, 3.05) is 0 Å². The second-order valence-corrected chi connectivity index (χ2v) is 5.19. The molecule has 2 aromatic rings. The molecule has 1 aliphatic carbocycles. The fourth-order valence-electron chi connectivity index (χ4n) is 2.58. The van der Waals surface area contributed by atoms with E-state index in [2.05, 4.69) is 5.32 Å². The average Bonchev–Trinajstić information content (AvgIpc) is 2.79. The minimum Gasteiger partial charge on any atom is -0.373 e. The number of ketones is 1. The summed E-state index contributed by atoms with van der Waals surface area (Å²) in [4.78, 5) is 24.5. The number of nitrogens with one attached hydrogen (secondary N) is 1. The summed E-state index contributed by atoms with van der Waals surface area (Å²) in [5.41, 5.74) is 0.0606. The summed E-state index contributed by atoms with van der Waals surface area (Å²) in [6.07, 6.45) is 0.0304. The first-order chi connectivity index (χ1) is 10.1. The third kappa shape index (κ3) is 2.34. The molecule has 3 rings (SSSR count). The van der Waals surface area contributed by atoms with E-state index in [0.717, 1.165) is 5.56 Å². The van der Waals surface area contributed by atoms with Crippen LogP contribution in [0.3, 0.4) is 0 Å². The molecule has 1 atom stereocenters. The molecule has 0 heterocycles. The number of fused-ring (bicyclic) bond motifs is 1. The van der Waals surface area contributed by atoms with Crippen LogP contribution in [0.15, 0.2) is 54.6 Å². The van der Waals surface area contributed by atoms with Crippen LogP contribution in [0, 0.1) is 0 Å². The van der Waals surface area contributed by atoms with Crippen molar-refractivity contribution < 1.29 is 14.7 Å². The van der Waals surface area contributed by atoms with Gasteiger partial charge in [-0.15, -0.1) is 0 Å². The van der Waals surface area contributed by atoms with Gasteiger partial charge in [-0.2, -0.15) is 0 Å². The van der Waals surface area contributed by atoms with Crippen LogP contribution in [0.1, 0.15) is 21.5 Å². The molecule has 0 aliphatic heterocycles. The van der Waals surface area contributed by atoms with Gasteiger partial charge >= 0.3 is 0 Å². The SMILES string of the molecule is O=C(NCc1ccccc1)C1(O)Cc2ccccc2C1=O. The van der Waals surface area contributed by atoms with Gasteiger partial charge in [0.25, 0.3) is 5.91 Å². The first-order valence-corrected chi connectivity index (χ1v) is 6.78. The lowest BCUT2D eigenvalue weighted by atomic mass is 9.98. The Morgan fingerprint density at radius 1 is 1.10 bits per heavy atom. The molecule has 1 aliphatic rings. The molecule has 0 saturated heterocycles. The molecule has 0 bridgehead atoms. The third-order valence-electron chi connectivity index (χ3n) is 3.76. The van der Waals surface area contributed by atoms with Gasteiger partial charge < -0.3 is 10.4 Å². The molecule has 0 spiro atoms. The minimum atomic E-state index is -1.99. The molecule has 1 amide bonds. The van der Waals surface area contributed by atoms with E-state index in [-0.39, 0.29) is 13.0 Å². The highest BCUT2D eigenvalue weighted by atomic mass is 16.3. The van der Waals surface area contributed by atoms with E-state index in [0.29, 0.717) is 11.1 Å². The molecule has 4 heteroatoms. The van der Waals surface area contributed by atoms with Crippen molar-refractivity contribution in [3.63, 3.8) is 0 Å². The first-order valence-electron chi connectivity index (χ1n) is 6.78. The van der Waals surface area contributed by atoms with Crippen LogP contribution in [0.25, 0.3) is 0 Å². The quantitative estimate of drug-likeness (QED) is 0.837. The summed E-state index contributed by atoms with van der Waals surface area (Å²) in [6.45, 7) is 0.283. The molecular weight excluding hydrogens is 266 g/mol. The Morgan fingerprint density at radius 2 is 1.76 bits per heavy atom. The molecule has 2 aromatic carbocycles. The van der Waals surface area contributed by atoms with Gasteiger partial charge in [-0.05, 0) is 11.1 Å². The van der Waals surface area contributed by atoms with E-state index >= 15 is 0 Å². The lowest BCUT2D eigenvalue weighted by Gasteiger charge is -2.19. The van der Waals surface area contributed by atoms with Crippen LogP contribution in [0.4, 0.5) is 0 Å². The summed E-state index contributed by atoms with van der Waals surface area (Å²) >= 11 is 0. The summed E-state index contributed by atoms with van der Waals surface area (Å²) in [6, 6.07) is 16.3. The summed E-state index contributed by atoms with van der Waals surface area (Å²) < 4.78 is 0. The van der Waals surface area contributed by atoms with Crippen molar-refractivity contribution in [3.8, 4) is 0 Å². The van der Waals surface area contributed by atoms with Gasteiger partial charge in [0.1, 0.15) is 0 Å². The van der Waals surface area contributed by atoms with Crippen LogP contribution in [-0.4, -0.2) is 22.4 Å². The monoisotopic (exact) mass is 281 g/mol. The number of hydrogen-bond donors (Lipinski definition) is 2. The topological polar surface area (TPSA) is 66.4 Å². The highest BCUT2D eigenvalue weighted by Gasteiger charge is 2.49. The zero-order valence-corrected chi connectivity index (χ0v) is 11.4. The number of carbonyl (C=O) groups is 2. The minimum absolute atomic E-state index is 0.0304. The van der Waals surface area contributed by atoms with Crippen LogP contribution >= 0.6 is 0 Å². The van der Waals surface area contributed by atoms with Crippen LogP contribution < -0.4 is 5.32 Å². The number of carbonyl (C=O) groups excluding carboxylic acids is 2. The molecule has 0 radical (unpaired) electrons. The van der Waals surface area contributed by atoms with Crippen molar-refractivity contribution in [2.24, 2.45) is 0 Å². The van der Waals surface area contributed by atoms with Crippen LogP contribution in [-0.2, 0) is 17.8 Å². The maximum atomic E-state index is 12.3. The fourth-order valence-corrected chi connectivity index (χ4v) is 2.58. The lowest BCUT2D eigenvalue weighted by Crippen LogP contribution is -2.51. The van der Waals surface area contributed by atoms with E-state index < -0.39 is 17.3 Å². The van der Waals surface area contributed by atoms with Gasteiger partial charge in [-0.1, -0.05) is 54.6 Å². The number of amides is 1. The predicted octanol–water partition coefficient (Wildman–Crippen LogP) is 1.47. The molecule has 1 unspecified atom stereocenters. The molecule has 0 saturated carbocycles. The van der Waals surface area contributed by atoms with Crippen molar-refractivity contribution in [3.05, 3.63) is 71.3 Å². The molecule has 4 nitrogen and oxygen atoms in total. The van der Waals surface area contributed by atoms with Gasteiger partial charge in [0.05, 0.1) is 0 Å². The lowest BCUT2D eigenvalue weighted by molar-refractivity contribution is -0.134. The van der Waals surface area contributed by atoms with E-state index in [1.54, 1.807) is 24.3 Å². The number of benzene rings is 2. The number of rotatable bonds is 3. The number of aliphatic hydroxyl groups is 1. The molecule has 21 heavy (non-hydrogen) atoms. The van der Waals surface area contributed by atoms with E-state index in [9.17, 15) is 14.7 Å².